The Labute approximate surface area is 140 Å². The first-order chi connectivity index (χ1) is 10.5. The van der Waals surface area contributed by atoms with Crippen LogP contribution in [0.2, 0.25) is 0 Å². The van der Waals surface area contributed by atoms with Gasteiger partial charge < -0.3 is 26.8 Å². The van der Waals surface area contributed by atoms with E-state index in [-0.39, 0.29) is 18.4 Å². The molecule has 23 heavy (non-hydrogen) atoms. The van der Waals surface area contributed by atoms with Crippen molar-refractivity contribution in [1.29, 1.82) is 0 Å². The molecule has 2 rings (SSSR count). The Hall–Kier alpha value is -2.13. The number of hydrogen-bond acceptors (Lipinski definition) is 9. The molecule has 0 aromatic carbocycles. The summed E-state index contributed by atoms with van der Waals surface area (Å²) in [6, 6.07) is 0. The molecule has 0 unspecified atom stereocenters. The van der Waals surface area contributed by atoms with E-state index in [9.17, 15) is 5.11 Å². The highest BCUT2D eigenvalue weighted by Gasteiger charge is 2.14. The van der Waals surface area contributed by atoms with Crippen molar-refractivity contribution in [2.45, 2.75) is 26.9 Å². The van der Waals surface area contributed by atoms with Crippen LogP contribution in [0, 0.1) is 0 Å². The number of fused-ring (bicyclic) bond motifs is 1. The van der Waals surface area contributed by atoms with Crippen molar-refractivity contribution in [2.24, 2.45) is 0 Å². The molecule has 128 valence electrons. The van der Waals surface area contributed by atoms with Crippen LogP contribution >= 0.6 is 12.4 Å². The number of anilines is 4. The van der Waals surface area contributed by atoms with E-state index in [2.05, 4.69) is 35.9 Å². The molecule has 0 spiro atoms. The molecular formula is C13H23ClN8O. The Morgan fingerprint density at radius 2 is 1.52 bits per heavy atom. The third kappa shape index (κ3) is 4.67. The average Bonchev–Trinajstić information content (AvgIpc) is 2.46. The number of aliphatic hydroxyl groups is 1. The third-order valence-electron chi connectivity index (χ3n) is 2.81. The Bertz CT molecular complexity index is 651. The summed E-state index contributed by atoms with van der Waals surface area (Å²) in [6.07, 6.45) is -0.502. The standard InChI is InChI=1S/C13H22N8O.ClH/c1-4-15-10-9-8(18-12(14)20-10)11(16-5-2)21-13(19-9)17-6-7(3)22;/h7,22H,4-6H2,1-3H3,(H3,14,15,18,20)(H2,16,17,19,21);1H/t7-;/m1./s1. The summed E-state index contributed by atoms with van der Waals surface area (Å²) >= 11 is 0. The molecule has 0 bridgehead atoms. The van der Waals surface area contributed by atoms with Gasteiger partial charge in [0, 0.05) is 19.6 Å². The smallest absolute Gasteiger partial charge is 0.225 e. The molecule has 2 heterocycles. The second kappa shape index (κ2) is 8.49. The zero-order chi connectivity index (χ0) is 16.1. The number of rotatable bonds is 7. The van der Waals surface area contributed by atoms with E-state index in [0.29, 0.717) is 48.3 Å². The number of nitrogen functional groups attached to an aromatic ring is 1. The molecule has 0 aliphatic carbocycles. The third-order valence-corrected chi connectivity index (χ3v) is 2.81. The lowest BCUT2D eigenvalue weighted by Crippen LogP contribution is -2.18. The van der Waals surface area contributed by atoms with Gasteiger partial charge >= 0.3 is 0 Å². The number of nitrogens with one attached hydrogen (secondary N) is 3. The normalized spacial score (nSPS) is 11.7. The number of nitrogens with zero attached hydrogens (tertiary/aromatic N) is 4. The van der Waals surface area contributed by atoms with Gasteiger partial charge in [0.25, 0.3) is 0 Å². The predicted octanol–water partition coefficient (Wildman–Crippen LogP) is 1.08. The second-order valence-corrected chi connectivity index (χ2v) is 4.81. The number of halogens is 1. The Kier molecular flexibility index (Phi) is 6.98. The zero-order valence-corrected chi connectivity index (χ0v) is 14.2. The molecule has 0 amide bonds. The number of nitrogens with two attached hydrogens (primary N) is 1. The molecule has 6 N–H and O–H groups in total. The van der Waals surface area contributed by atoms with Gasteiger partial charge in [-0.05, 0) is 20.8 Å². The number of hydrogen-bond donors (Lipinski definition) is 5. The maximum absolute atomic E-state index is 9.39. The summed E-state index contributed by atoms with van der Waals surface area (Å²) in [5.41, 5.74) is 6.90. The molecule has 0 aliphatic rings. The molecule has 1 atom stereocenters. The maximum atomic E-state index is 9.39. The topological polar surface area (TPSA) is 134 Å². The minimum atomic E-state index is -0.502. The highest BCUT2D eigenvalue weighted by atomic mass is 35.5. The molecule has 0 fully saturated rings. The number of aliphatic hydroxyl groups excluding tert-OH is 1. The van der Waals surface area contributed by atoms with E-state index >= 15 is 0 Å². The van der Waals surface area contributed by atoms with Gasteiger partial charge in [-0.1, -0.05) is 0 Å². The molecule has 0 saturated carbocycles. The van der Waals surface area contributed by atoms with Gasteiger partial charge in [0.1, 0.15) is 11.0 Å². The fourth-order valence-corrected chi connectivity index (χ4v) is 1.93. The van der Waals surface area contributed by atoms with Gasteiger partial charge in [-0.25, -0.2) is 9.97 Å². The van der Waals surface area contributed by atoms with Crippen LogP contribution in [0.1, 0.15) is 20.8 Å². The van der Waals surface area contributed by atoms with Crippen LogP contribution < -0.4 is 21.7 Å². The second-order valence-electron chi connectivity index (χ2n) is 4.81. The van der Waals surface area contributed by atoms with Gasteiger partial charge in [0.05, 0.1) is 6.10 Å². The largest absolute Gasteiger partial charge is 0.392 e. The fourth-order valence-electron chi connectivity index (χ4n) is 1.93. The highest BCUT2D eigenvalue weighted by Crippen LogP contribution is 2.26. The van der Waals surface area contributed by atoms with E-state index < -0.39 is 6.10 Å². The Balaban J connectivity index is 0.00000264. The van der Waals surface area contributed by atoms with Crippen LogP contribution in [0.25, 0.3) is 11.0 Å². The summed E-state index contributed by atoms with van der Waals surface area (Å²) < 4.78 is 0. The molecule has 9 nitrogen and oxygen atoms in total. The van der Waals surface area contributed by atoms with Crippen molar-refractivity contribution in [3.63, 3.8) is 0 Å². The van der Waals surface area contributed by atoms with Crippen molar-refractivity contribution in [2.75, 3.05) is 41.3 Å². The first kappa shape index (κ1) is 18.9. The summed E-state index contributed by atoms with van der Waals surface area (Å²) in [6.45, 7) is 7.33. The molecule has 0 saturated heterocycles. The maximum Gasteiger partial charge on any atom is 0.225 e. The molecule has 2 aromatic heterocycles. The average molecular weight is 343 g/mol. The van der Waals surface area contributed by atoms with Crippen molar-refractivity contribution < 1.29 is 5.11 Å². The summed E-state index contributed by atoms with van der Waals surface area (Å²) in [7, 11) is 0. The van der Waals surface area contributed by atoms with E-state index in [1.54, 1.807) is 6.92 Å². The van der Waals surface area contributed by atoms with E-state index in [1.165, 1.54) is 0 Å². The van der Waals surface area contributed by atoms with Crippen molar-refractivity contribution >= 4 is 47.0 Å². The van der Waals surface area contributed by atoms with Gasteiger partial charge in [0.15, 0.2) is 11.6 Å². The first-order valence-electron chi connectivity index (χ1n) is 7.30. The lowest BCUT2D eigenvalue weighted by atomic mass is 10.3. The van der Waals surface area contributed by atoms with Gasteiger partial charge in [-0.15, -0.1) is 12.4 Å². The van der Waals surface area contributed by atoms with E-state index in [4.69, 9.17) is 5.73 Å². The minimum Gasteiger partial charge on any atom is -0.392 e. The summed E-state index contributed by atoms with van der Waals surface area (Å²) in [5, 5.41) is 18.7. The molecule has 0 radical (unpaired) electrons. The van der Waals surface area contributed by atoms with Gasteiger partial charge in [-0.2, -0.15) is 9.97 Å². The highest BCUT2D eigenvalue weighted by molar-refractivity contribution is 5.94. The summed E-state index contributed by atoms with van der Waals surface area (Å²) in [5.74, 6) is 1.70. The Morgan fingerprint density at radius 3 is 2.09 bits per heavy atom. The fraction of sp³-hybridized carbons (Fsp3) is 0.538. The van der Waals surface area contributed by atoms with Crippen LogP contribution in [0.3, 0.4) is 0 Å². The van der Waals surface area contributed by atoms with Crippen LogP contribution in [0.4, 0.5) is 23.5 Å². The quantitative estimate of drug-likeness (QED) is 0.501. The Morgan fingerprint density at radius 1 is 0.957 bits per heavy atom. The summed E-state index contributed by atoms with van der Waals surface area (Å²) in [4.78, 5) is 17.2. The SMILES string of the molecule is CCNc1nc(NC[C@@H](C)O)nc2c(NCC)nc(N)nc12.Cl. The lowest BCUT2D eigenvalue weighted by Gasteiger charge is -2.13. The minimum absolute atomic E-state index is 0. The van der Waals surface area contributed by atoms with Crippen LogP contribution in [0.5, 0.6) is 0 Å². The van der Waals surface area contributed by atoms with Crippen LogP contribution in [-0.2, 0) is 0 Å². The van der Waals surface area contributed by atoms with Gasteiger partial charge in [0.2, 0.25) is 11.9 Å². The van der Waals surface area contributed by atoms with Crippen molar-refractivity contribution in [1.82, 2.24) is 19.9 Å². The lowest BCUT2D eigenvalue weighted by molar-refractivity contribution is 0.208. The molecule has 10 heteroatoms. The first-order valence-corrected chi connectivity index (χ1v) is 7.30. The molecular weight excluding hydrogens is 320 g/mol. The molecule has 0 aliphatic heterocycles. The van der Waals surface area contributed by atoms with E-state index in [1.807, 2.05) is 13.8 Å². The monoisotopic (exact) mass is 342 g/mol. The van der Waals surface area contributed by atoms with Crippen LogP contribution in [-0.4, -0.2) is 50.8 Å². The van der Waals surface area contributed by atoms with Crippen LogP contribution in [0.15, 0.2) is 0 Å². The number of aromatic nitrogens is 4. The zero-order valence-electron chi connectivity index (χ0n) is 13.4. The van der Waals surface area contributed by atoms with Gasteiger partial charge in [-0.3, -0.25) is 0 Å². The predicted molar refractivity (Wildman–Crippen MR) is 95.3 cm³/mol. The van der Waals surface area contributed by atoms with Crippen molar-refractivity contribution in [3.8, 4) is 0 Å². The molecule has 2 aromatic rings. The van der Waals surface area contributed by atoms with E-state index in [0.717, 1.165) is 0 Å². The van der Waals surface area contributed by atoms with Crippen molar-refractivity contribution in [3.05, 3.63) is 0 Å².